The Bertz CT molecular complexity index is 733. The zero-order valence-electron chi connectivity index (χ0n) is 17.6. The molecule has 1 aliphatic rings. The van der Waals surface area contributed by atoms with E-state index >= 15 is 0 Å². The topological polar surface area (TPSA) is 62.9 Å². The van der Waals surface area contributed by atoms with Crippen LogP contribution in [-0.2, 0) is 12.8 Å². The SMILES string of the molecule is COc1ccc(CC2CCC(Cc3ccc(OC)c(OC)c3)C2N)cc1OC.Cl. The third-order valence-electron chi connectivity index (χ3n) is 5.89. The van der Waals surface area contributed by atoms with Crippen LogP contribution in [0.1, 0.15) is 24.0 Å². The molecule has 0 aliphatic heterocycles. The number of rotatable bonds is 8. The molecule has 0 aromatic heterocycles. The van der Waals surface area contributed by atoms with Gasteiger partial charge in [0.05, 0.1) is 28.4 Å². The van der Waals surface area contributed by atoms with Gasteiger partial charge < -0.3 is 24.7 Å². The van der Waals surface area contributed by atoms with Crippen LogP contribution < -0.4 is 24.7 Å². The maximum atomic E-state index is 6.66. The molecule has 5 nitrogen and oxygen atoms in total. The van der Waals surface area contributed by atoms with Crippen molar-refractivity contribution in [2.24, 2.45) is 17.6 Å². The summed E-state index contributed by atoms with van der Waals surface area (Å²) in [6.07, 6.45) is 4.22. The van der Waals surface area contributed by atoms with Gasteiger partial charge in [0.1, 0.15) is 0 Å². The molecular weight excluding hydrogens is 390 g/mol. The molecule has 0 radical (unpaired) electrons. The summed E-state index contributed by atoms with van der Waals surface area (Å²) in [5.74, 6) is 4.01. The van der Waals surface area contributed by atoms with Gasteiger partial charge in [-0.1, -0.05) is 12.1 Å². The number of nitrogens with two attached hydrogens (primary N) is 1. The van der Waals surface area contributed by atoms with Gasteiger partial charge in [0.15, 0.2) is 23.0 Å². The van der Waals surface area contributed by atoms with Crippen LogP contribution >= 0.6 is 12.4 Å². The van der Waals surface area contributed by atoms with Gasteiger partial charge in [-0.3, -0.25) is 0 Å². The van der Waals surface area contributed by atoms with E-state index in [-0.39, 0.29) is 18.4 Å². The van der Waals surface area contributed by atoms with Crippen molar-refractivity contribution in [1.29, 1.82) is 0 Å². The van der Waals surface area contributed by atoms with E-state index in [2.05, 4.69) is 24.3 Å². The Kier molecular flexibility index (Phi) is 8.47. The van der Waals surface area contributed by atoms with Crippen molar-refractivity contribution in [3.63, 3.8) is 0 Å². The second-order valence-corrected chi connectivity index (χ2v) is 7.46. The van der Waals surface area contributed by atoms with Crippen LogP contribution in [0.15, 0.2) is 36.4 Å². The summed E-state index contributed by atoms with van der Waals surface area (Å²) in [6, 6.07) is 12.5. The maximum absolute atomic E-state index is 6.66. The first-order valence-corrected chi connectivity index (χ1v) is 9.77. The standard InChI is InChI=1S/C23H31NO4.ClH/c1-25-19-9-5-15(13-21(19)27-3)11-17-7-8-18(23(17)24)12-16-6-10-20(26-2)22(14-16)28-4;/h5-6,9-10,13-14,17-18,23H,7-8,11-12,24H2,1-4H3;1H. The fourth-order valence-corrected chi connectivity index (χ4v) is 4.29. The molecule has 0 heterocycles. The molecular formula is C23H32ClNO4. The van der Waals surface area contributed by atoms with E-state index in [1.807, 2.05) is 12.1 Å². The quantitative estimate of drug-likeness (QED) is 0.689. The van der Waals surface area contributed by atoms with Crippen molar-refractivity contribution < 1.29 is 18.9 Å². The number of halogens is 1. The normalized spacial score (nSPS) is 20.7. The van der Waals surface area contributed by atoms with Crippen LogP contribution in [-0.4, -0.2) is 34.5 Å². The number of methoxy groups -OCH3 is 4. The van der Waals surface area contributed by atoms with Crippen molar-refractivity contribution in [2.75, 3.05) is 28.4 Å². The highest BCUT2D eigenvalue weighted by atomic mass is 35.5. The molecule has 2 aromatic carbocycles. The summed E-state index contributed by atoms with van der Waals surface area (Å²) in [5, 5.41) is 0. The monoisotopic (exact) mass is 421 g/mol. The smallest absolute Gasteiger partial charge is 0.160 e. The molecule has 0 bridgehead atoms. The molecule has 1 saturated carbocycles. The molecule has 1 aliphatic carbocycles. The van der Waals surface area contributed by atoms with Crippen LogP contribution in [0, 0.1) is 11.8 Å². The Hall–Kier alpha value is -2.11. The van der Waals surface area contributed by atoms with E-state index in [9.17, 15) is 0 Å². The molecule has 1 fully saturated rings. The summed E-state index contributed by atoms with van der Waals surface area (Å²) in [6.45, 7) is 0. The minimum Gasteiger partial charge on any atom is -0.493 e. The van der Waals surface area contributed by atoms with Gasteiger partial charge >= 0.3 is 0 Å². The minimum absolute atomic E-state index is 0. The van der Waals surface area contributed by atoms with Crippen molar-refractivity contribution in [1.82, 2.24) is 0 Å². The lowest BCUT2D eigenvalue weighted by atomic mass is 9.89. The highest BCUT2D eigenvalue weighted by molar-refractivity contribution is 5.85. The van der Waals surface area contributed by atoms with Crippen molar-refractivity contribution >= 4 is 12.4 Å². The molecule has 0 spiro atoms. The van der Waals surface area contributed by atoms with E-state index < -0.39 is 0 Å². The molecule has 0 saturated heterocycles. The number of hydrogen-bond acceptors (Lipinski definition) is 5. The van der Waals surface area contributed by atoms with Crippen molar-refractivity contribution in [3.8, 4) is 23.0 Å². The third-order valence-corrected chi connectivity index (χ3v) is 5.89. The molecule has 3 rings (SSSR count). The maximum Gasteiger partial charge on any atom is 0.160 e. The first-order valence-electron chi connectivity index (χ1n) is 9.77. The van der Waals surface area contributed by atoms with Gasteiger partial charge in [0, 0.05) is 6.04 Å². The molecule has 2 N–H and O–H groups in total. The highest BCUT2D eigenvalue weighted by Gasteiger charge is 2.33. The van der Waals surface area contributed by atoms with E-state index in [0.29, 0.717) is 11.8 Å². The van der Waals surface area contributed by atoms with E-state index in [1.165, 1.54) is 11.1 Å². The number of ether oxygens (including phenoxy) is 4. The molecule has 2 aromatic rings. The van der Waals surface area contributed by atoms with Gasteiger partial charge in [-0.25, -0.2) is 0 Å². The Morgan fingerprint density at radius 2 is 1.07 bits per heavy atom. The number of benzene rings is 2. The summed E-state index contributed by atoms with van der Waals surface area (Å²) < 4.78 is 21.5. The summed E-state index contributed by atoms with van der Waals surface area (Å²) >= 11 is 0. The first kappa shape index (κ1) is 23.2. The van der Waals surface area contributed by atoms with Crippen molar-refractivity contribution in [2.45, 2.75) is 31.7 Å². The van der Waals surface area contributed by atoms with E-state index in [1.54, 1.807) is 28.4 Å². The summed E-state index contributed by atoms with van der Waals surface area (Å²) in [4.78, 5) is 0. The lowest BCUT2D eigenvalue weighted by Crippen LogP contribution is -2.33. The van der Waals surface area contributed by atoms with Gasteiger partial charge in [0.25, 0.3) is 0 Å². The van der Waals surface area contributed by atoms with Gasteiger partial charge in [-0.05, 0) is 72.9 Å². The van der Waals surface area contributed by atoms with Crippen LogP contribution in [0.2, 0.25) is 0 Å². The Balaban J connectivity index is 0.00000300. The first-order chi connectivity index (χ1) is 13.6. The fourth-order valence-electron chi connectivity index (χ4n) is 4.29. The van der Waals surface area contributed by atoms with Crippen molar-refractivity contribution in [3.05, 3.63) is 47.5 Å². The zero-order chi connectivity index (χ0) is 20.1. The second-order valence-electron chi connectivity index (χ2n) is 7.46. The van der Waals surface area contributed by atoms with E-state index in [4.69, 9.17) is 24.7 Å². The predicted molar refractivity (Wildman–Crippen MR) is 118 cm³/mol. The molecule has 160 valence electrons. The van der Waals surface area contributed by atoms with Crippen LogP contribution in [0.5, 0.6) is 23.0 Å². The van der Waals surface area contributed by atoms with Gasteiger partial charge in [-0.2, -0.15) is 0 Å². The van der Waals surface area contributed by atoms with Gasteiger partial charge in [-0.15, -0.1) is 12.4 Å². The summed E-state index contributed by atoms with van der Waals surface area (Å²) in [7, 11) is 6.65. The van der Waals surface area contributed by atoms with Gasteiger partial charge in [0.2, 0.25) is 0 Å². The molecule has 2 unspecified atom stereocenters. The highest BCUT2D eigenvalue weighted by Crippen LogP contribution is 2.37. The van der Waals surface area contributed by atoms with Crippen LogP contribution in [0.4, 0.5) is 0 Å². The lowest BCUT2D eigenvalue weighted by Gasteiger charge is -2.22. The average Bonchev–Trinajstić information content (AvgIpc) is 3.07. The fraction of sp³-hybridized carbons (Fsp3) is 0.478. The molecule has 0 amide bonds. The average molecular weight is 422 g/mol. The Labute approximate surface area is 179 Å². The second kappa shape index (κ2) is 10.6. The summed E-state index contributed by atoms with van der Waals surface area (Å²) in [5.41, 5.74) is 9.14. The predicted octanol–water partition coefficient (Wildman–Crippen LogP) is 4.28. The molecule has 6 heteroatoms. The zero-order valence-corrected chi connectivity index (χ0v) is 18.5. The van der Waals surface area contributed by atoms with E-state index in [0.717, 1.165) is 48.7 Å². The molecule has 29 heavy (non-hydrogen) atoms. The van der Waals surface area contributed by atoms with Crippen LogP contribution in [0.3, 0.4) is 0 Å². The van der Waals surface area contributed by atoms with Crippen LogP contribution in [0.25, 0.3) is 0 Å². The lowest BCUT2D eigenvalue weighted by molar-refractivity contribution is 0.353. The Morgan fingerprint density at radius 3 is 1.41 bits per heavy atom. The number of hydrogen-bond donors (Lipinski definition) is 1. The molecule has 2 atom stereocenters. The largest absolute Gasteiger partial charge is 0.493 e. The third kappa shape index (κ3) is 5.28. The minimum atomic E-state index is 0. The Morgan fingerprint density at radius 1 is 0.690 bits per heavy atom.